The van der Waals surface area contributed by atoms with Crippen LogP contribution in [0.3, 0.4) is 0 Å². The van der Waals surface area contributed by atoms with Gasteiger partial charge in [-0.3, -0.25) is 4.79 Å². The summed E-state index contributed by atoms with van der Waals surface area (Å²) in [5, 5.41) is 3.21. The third kappa shape index (κ3) is 5.24. The summed E-state index contributed by atoms with van der Waals surface area (Å²) in [6, 6.07) is 17.9. The highest BCUT2D eigenvalue weighted by Gasteiger charge is 2.19. The molecule has 0 radical (unpaired) electrons. The SMILES string of the molecule is CC1CCN(C(=O)CNc2ccc(OCc3ccccc3)cc2)CC1. The van der Waals surface area contributed by atoms with Gasteiger partial charge in [0.25, 0.3) is 0 Å². The van der Waals surface area contributed by atoms with Gasteiger partial charge < -0.3 is 15.0 Å². The topological polar surface area (TPSA) is 41.6 Å². The maximum atomic E-state index is 12.2. The van der Waals surface area contributed by atoms with E-state index in [9.17, 15) is 4.79 Å². The van der Waals surface area contributed by atoms with Gasteiger partial charge >= 0.3 is 0 Å². The molecule has 1 fully saturated rings. The molecule has 0 saturated carbocycles. The van der Waals surface area contributed by atoms with Crippen LogP contribution < -0.4 is 10.1 Å². The summed E-state index contributed by atoms with van der Waals surface area (Å²) in [4.78, 5) is 14.2. The molecule has 0 aromatic heterocycles. The number of nitrogens with zero attached hydrogens (tertiary/aromatic N) is 1. The van der Waals surface area contributed by atoms with Crippen LogP contribution >= 0.6 is 0 Å². The largest absolute Gasteiger partial charge is 0.489 e. The van der Waals surface area contributed by atoms with Crippen LogP contribution in [-0.2, 0) is 11.4 Å². The normalized spacial score (nSPS) is 15.0. The molecule has 3 rings (SSSR count). The Morgan fingerprint density at radius 3 is 2.44 bits per heavy atom. The molecule has 4 heteroatoms. The molecule has 2 aromatic carbocycles. The Balaban J connectivity index is 1.43. The van der Waals surface area contributed by atoms with Gasteiger partial charge in [0, 0.05) is 18.8 Å². The number of piperidine rings is 1. The molecule has 1 heterocycles. The van der Waals surface area contributed by atoms with Gasteiger partial charge in [-0.05, 0) is 48.6 Å². The number of hydrogen-bond donors (Lipinski definition) is 1. The number of nitrogens with one attached hydrogen (secondary N) is 1. The summed E-state index contributed by atoms with van der Waals surface area (Å²) in [5.74, 6) is 1.74. The van der Waals surface area contributed by atoms with E-state index < -0.39 is 0 Å². The molecular weight excluding hydrogens is 312 g/mol. The number of anilines is 1. The van der Waals surface area contributed by atoms with Gasteiger partial charge in [0.1, 0.15) is 12.4 Å². The van der Waals surface area contributed by atoms with E-state index in [-0.39, 0.29) is 5.91 Å². The molecule has 0 unspecified atom stereocenters. The summed E-state index contributed by atoms with van der Waals surface area (Å²) in [5.41, 5.74) is 2.08. The van der Waals surface area contributed by atoms with Crippen LogP contribution in [0.4, 0.5) is 5.69 Å². The predicted molar refractivity (Wildman–Crippen MR) is 101 cm³/mol. The fourth-order valence-corrected chi connectivity index (χ4v) is 2.96. The van der Waals surface area contributed by atoms with Crippen molar-refractivity contribution in [2.75, 3.05) is 25.0 Å². The van der Waals surface area contributed by atoms with E-state index in [0.717, 1.165) is 48.8 Å². The molecule has 0 spiro atoms. The van der Waals surface area contributed by atoms with Crippen molar-refractivity contribution in [3.63, 3.8) is 0 Å². The van der Waals surface area contributed by atoms with Crippen molar-refractivity contribution in [2.24, 2.45) is 5.92 Å². The highest BCUT2D eigenvalue weighted by molar-refractivity contribution is 5.81. The fraction of sp³-hybridized carbons (Fsp3) is 0.381. The maximum Gasteiger partial charge on any atom is 0.241 e. The number of carbonyl (C=O) groups excluding carboxylic acids is 1. The molecule has 2 aromatic rings. The first-order valence-corrected chi connectivity index (χ1v) is 8.99. The minimum Gasteiger partial charge on any atom is -0.489 e. The lowest BCUT2D eigenvalue weighted by molar-refractivity contribution is -0.130. The second-order valence-electron chi connectivity index (χ2n) is 6.72. The maximum absolute atomic E-state index is 12.2. The van der Waals surface area contributed by atoms with Crippen molar-refractivity contribution in [2.45, 2.75) is 26.4 Å². The first kappa shape index (κ1) is 17.3. The molecule has 1 saturated heterocycles. The first-order chi connectivity index (χ1) is 12.2. The Morgan fingerprint density at radius 2 is 1.76 bits per heavy atom. The number of ether oxygens (including phenoxy) is 1. The quantitative estimate of drug-likeness (QED) is 0.867. The van der Waals surface area contributed by atoms with E-state index in [0.29, 0.717) is 13.2 Å². The van der Waals surface area contributed by atoms with E-state index in [1.54, 1.807) is 0 Å². The standard InChI is InChI=1S/C21H26N2O2/c1-17-11-13-23(14-12-17)21(24)15-22-19-7-9-20(10-8-19)25-16-18-5-3-2-4-6-18/h2-10,17,22H,11-16H2,1H3. The van der Waals surface area contributed by atoms with Gasteiger partial charge in [-0.1, -0.05) is 37.3 Å². The van der Waals surface area contributed by atoms with Crippen LogP contribution in [0, 0.1) is 5.92 Å². The smallest absolute Gasteiger partial charge is 0.241 e. The van der Waals surface area contributed by atoms with Crippen LogP contribution in [0.15, 0.2) is 54.6 Å². The lowest BCUT2D eigenvalue weighted by atomic mass is 9.99. The molecule has 0 atom stereocenters. The van der Waals surface area contributed by atoms with E-state index >= 15 is 0 Å². The Labute approximate surface area is 149 Å². The molecule has 1 aliphatic rings. The number of amides is 1. The monoisotopic (exact) mass is 338 g/mol. The molecule has 1 aliphatic heterocycles. The van der Waals surface area contributed by atoms with Crippen LogP contribution in [0.25, 0.3) is 0 Å². The number of benzene rings is 2. The van der Waals surface area contributed by atoms with Crippen molar-refractivity contribution in [1.82, 2.24) is 4.90 Å². The highest BCUT2D eigenvalue weighted by atomic mass is 16.5. The Hall–Kier alpha value is -2.49. The van der Waals surface area contributed by atoms with E-state index in [2.05, 4.69) is 12.2 Å². The van der Waals surface area contributed by atoms with Gasteiger partial charge in [-0.2, -0.15) is 0 Å². The highest BCUT2D eigenvalue weighted by Crippen LogP contribution is 2.18. The molecule has 1 amide bonds. The average molecular weight is 338 g/mol. The zero-order valence-corrected chi connectivity index (χ0v) is 14.8. The van der Waals surface area contributed by atoms with Crippen LogP contribution in [0.1, 0.15) is 25.3 Å². The van der Waals surface area contributed by atoms with E-state index in [4.69, 9.17) is 4.74 Å². The van der Waals surface area contributed by atoms with Gasteiger partial charge in [0.2, 0.25) is 5.91 Å². The lowest BCUT2D eigenvalue weighted by Crippen LogP contribution is -2.40. The summed E-state index contributed by atoms with van der Waals surface area (Å²) in [7, 11) is 0. The van der Waals surface area contributed by atoms with Crippen molar-refractivity contribution < 1.29 is 9.53 Å². The predicted octanol–water partition coefficient (Wildman–Crippen LogP) is 3.94. The number of rotatable bonds is 6. The van der Waals surface area contributed by atoms with E-state index in [1.807, 2.05) is 59.5 Å². The molecule has 0 bridgehead atoms. The minimum atomic E-state index is 0.177. The Bertz CT molecular complexity index is 662. The van der Waals surface area contributed by atoms with Gasteiger partial charge in [-0.15, -0.1) is 0 Å². The van der Waals surface area contributed by atoms with Crippen LogP contribution in [-0.4, -0.2) is 30.4 Å². The van der Waals surface area contributed by atoms with Crippen LogP contribution in [0.5, 0.6) is 5.75 Å². The third-order valence-electron chi connectivity index (χ3n) is 4.68. The average Bonchev–Trinajstić information content (AvgIpc) is 2.67. The number of likely N-dealkylation sites (tertiary alicyclic amines) is 1. The number of hydrogen-bond acceptors (Lipinski definition) is 3. The Morgan fingerprint density at radius 1 is 1.08 bits per heavy atom. The van der Waals surface area contributed by atoms with Crippen molar-refractivity contribution in [3.05, 3.63) is 60.2 Å². The van der Waals surface area contributed by atoms with Crippen molar-refractivity contribution >= 4 is 11.6 Å². The zero-order valence-electron chi connectivity index (χ0n) is 14.8. The Kier molecular flexibility index (Phi) is 5.94. The second kappa shape index (κ2) is 8.56. The molecule has 1 N–H and O–H groups in total. The van der Waals surface area contributed by atoms with Gasteiger partial charge in [0.15, 0.2) is 0 Å². The third-order valence-corrected chi connectivity index (χ3v) is 4.68. The molecule has 4 nitrogen and oxygen atoms in total. The van der Waals surface area contributed by atoms with Gasteiger partial charge in [0.05, 0.1) is 6.54 Å². The number of carbonyl (C=O) groups is 1. The minimum absolute atomic E-state index is 0.177. The van der Waals surface area contributed by atoms with Crippen molar-refractivity contribution in [1.29, 1.82) is 0 Å². The van der Waals surface area contributed by atoms with E-state index in [1.165, 1.54) is 0 Å². The molecule has 25 heavy (non-hydrogen) atoms. The summed E-state index contributed by atoms with van der Waals surface area (Å²) >= 11 is 0. The fourth-order valence-electron chi connectivity index (χ4n) is 2.96. The molecule has 132 valence electrons. The summed E-state index contributed by atoms with van der Waals surface area (Å²) in [6.45, 7) is 4.92. The zero-order chi connectivity index (χ0) is 17.5. The molecule has 0 aliphatic carbocycles. The van der Waals surface area contributed by atoms with Gasteiger partial charge in [-0.25, -0.2) is 0 Å². The van der Waals surface area contributed by atoms with Crippen molar-refractivity contribution in [3.8, 4) is 5.75 Å². The summed E-state index contributed by atoms with van der Waals surface area (Å²) in [6.07, 6.45) is 2.22. The molecular formula is C21H26N2O2. The first-order valence-electron chi connectivity index (χ1n) is 8.99. The lowest BCUT2D eigenvalue weighted by Gasteiger charge is -2.30. The second-order valence-corrected chi connectivity index (χ2v) is 6.72. The van der Waals surface area contributed by atoms with Crippen LogP contribution in [0.2, 0.25) is 0 Å². The summed E-state index contributed by atoms with van der Waals surface area (Å²) < 4.78 is 5.77.